The van der Waals surface area contributed by atoms with Crippen molar-refractivity contribution >= 4 is 62.3 Å². The van der Waals surface area contributed by atoms with Gasteiger partial charge in [-0.3, -0.25) is 14.2 Å². The Balaban J connectivity index is 2.21. The lowest BCUT2D eigenvalue weighted by Crippen LogP contribution is -2.34. The summed E-state index contributed by atoms with van der Waals surface area (Å²) in [6, 6.07) is 7.21. The fourth-order valence-corrected chi connectivity index (χ4v) is 2.83. The maximum Gasteiger partial charge on any atom is 0.310 e. The van der Waals surface area contributed by atoms with Crippen molar-refractivity contribution in [1.29, 1.82) is 0 Å². The van der Waals surface area contributed by atoms with E-state index in [4.69, 9.17) is 44.3 Å². The maximum absolute atomic E-state index is 11.9. The van der Waals surface area contributed by atoms with Gasteiger partial charge in [0.05, 0.1) is 10.2 Å². The molecule has 0 aliphatic rings. The molecule has 0 fully saturated rings. The number of fused-ring (bicyclic) bond motifs is 1. The molecule has 1 aromatic carbocycles. The van der Waals surface area contributed by atoms with Crippen molar-refractivity contribution in [3.63, 3.8) is 0 Å². The molecule has 0 aliphatic heterocycles. The third-order valence-corrected chi connectivity index (χ3v) is 3.96. The van der Waals surface area contributed by atoms with Gasteiger partial charge in [0.15, 0.2) is 0 Å². The number of nitrogens with zero attached hydrogens (tertiary/aromatic N) is 1. The van der Waals surface area contributed by atoms with E-state index in [1.54, 1.807) is 12.1 Å². The van der Waals surface area contributed by atoms with Gasteiger partial charge in [0, 0.05) is 6.92 Å². The summed E-state index contributed by atoms with van der Waals surface area (Å²) in [5, 5.41) is 0. The highest BCUT2D eigenvalue weighted by atomic mass is 35.6. The number of aromatic nitrogens is 1. The van der Waals surface area contributed by atoms with Gasteiger partial charge < -0.3 is 9.47 Å². The van der Waals surface area contributed by atoms with E-state index in [1.165, 1.54) is 11.5 Å². The van der Waals surface area contributed by atoms with Crippen molar-refractivity contribution < 1.29 is 14.3 Å². The Kier molecular flexibility index (Phi) is 5.16. The lowest BCUT2D eigenvalue weighted by atomic mass is 10.3. The summed E-state index contributed by atoms with van der Waals surface area (Å²) in [6.45, 7) is 0.966. The average Bonchev–Trinajstić information content (AvgIpc) is 2.68. The lowest BCUT2D eigenvalue weighted by Gasteiger charge is -2.23. The number of benzene rings is 1. The van der Waals surface area contributed by atoms with E-state index in [-0.39, 0.29) is 11.6 Å². The first-order chi connectivity index (χ1) is 9.79. The predicted octanol–water partition coefficient (Wildman–Crippen LogP) is 3.30. The Morgan fingerprint density at radius 3 is 2.67 bits per heavy atom. The molecule has 21 heavy (non-hydrogen) atoms. The van der Waals surface area contributed by atoms with Crippen LogP contribution in [0.15, 0.2) is 29.1 Å². The summed E-state index contributed by atoms with van der Waals surface area (Å²) in [5.41, 5.74) is 0.693. The molecule has 1 atom stereocenters. The molecule has 0 saturated heterocycles. The zero-order valence-electron chi connectivity index (χ0n) is 10.7. The average molecular weight is 371 g/mol. The van der Waals surface area contributed by atoms with E-state index in [0.29, 0.717) is 5.52 Å². The van der Waals surface area contributed by atoms with Crippen LogP contribution in [-0.4, -0.2) is 20.6 Å². The van der Waals surface area contributed by atoms with Crippen molar-refractivity contribution in [3.05, 3.63) is 33.9 Å². The molecule has 0 unspecified atom stereocenters. The highest BCUT2D eigenvalue weighted by molar-refractivity contribution is 7.16. The van der Waals surface area contributed by atoms with Crippen LogP contribution in [0.3, 0.4) is 0 Å². The Morgan fingerprint density at radius 2 is 2.05 bits per heavy atom. The molecule has 0 radical (unpaired) electrons. The molecule has 0 saturated carbocycles. The number of para-hydroxylation sites is 1. The molecule has 0 N–H and O–H groups in total. The second-order valence-corrected chi connectivity index (χ2v) is 7.40. The zero-order valence-corrected chi connectivity index (χ0v) is 13.8. The molecule has 2 rings (SSSR count). The molecule has 9 heteroatoms. The van der Waals surface area contributed by atoms with Gasteiger partial charge in [0.1, 0.15) is 6.73 Å². The number of rotatable bonds is 4. The number of halogens is 3. The first-order valence-electron chi connectivity index (χ1n) is 5.73. The van der Waals surface area contributed by atoms with E-state index in [2.05, 4.69) is 0 Å². The quantitative estimate of drug-likeness (QED) is 0.471. The summed E-state index contributed by atoms with van der Waals surface area (Å²) in [6.07, 6.45) is -1.41. The van der Waals surface area contributed by atoms with Gasteiger partial charge in [-0.15, -0.1) is 0 Å². The smallest absolute Gasteiger partial charge is 0.310 e. The normalized spacial score (nSPS) is 13.3. The summed E-state index contributed by atoms with van der Waals surface area (Å²) in [7, 11) is 0. The number of carbonyl (C=O) groups is 1. The summed E-state index contributed by atoms with van der Waals surface area (Å²) in [4.78, 5) is 22.7. The molecular formula is C12H10Cl3NO4S. The van der Waals surface area contributed by atoms with Crippen molar-refractivity contribution in [3.8, 4) is 0 Å². The third-order valence-electron chi connectivity index (χ3n) is 2.47. The maximum atomic E-state index is 11.9. The minimum atomic E-state index is -1.96. The second kappa shape index (κ2) is 6.54. The summed E-state index contributed by atoms with van der Waals surface area (Å²) >= 11 is 18.1. The first-order valence-corrected chi connectivity index (χ1v) is 7.68. The van der Waals surface area contributed by atoms with Gasteiger partial charge in [-0.2, -0.15) is 0 Å². The molecule has 0 spiro atoms. The fourth-order valence-electron chi connectivity index (χ4n) is 1.62. The zero-order chi connectivity index (χ0) is 15.6. The van der Waals surface area contributed by atoms with Crippen LogP contribution < -0.4 is 4.87 Å². The Bertz CT molecular complexity index is 706. The van der Waals surface area contributed by atoms with Gasteiger partial charge in [-0.1, -0.05) is 58.3 Å². The van der Waals surface area contributed by atoms with Crippen LogP contribution in [0.1, 0.15) is 6.92 Å². The summed E-state index contributed by atoms with van der Waals surface area (Å²) < 4.78 is 10.3. The Labute approximate surface area is 138 Å². The number of hydrogen-bond acceptors (Lipinski definition) is 5. The molecule has 0 aliphatic carbocycles. The van der Waals surface area contributed by atoms with Gasteiger partial charge in [0.2, 0.25) is 0 Å². The minimum Gasteiger partial charge on any atom is -0.431 e. The molecular weight excluding hydrogens is 361 g/mol. The number of ether oxygens (including phenoxy) is 2. The van der Waals surface area contributed by atoms with E-state index < -0.39 is 16.1 Å². The fraction of sp³-hybridized carbons (Fsp3) is 0.333. The van der Waals surface area contributed by atoms with Gasteiger partial charge in [-0.25, -0.2) is 0 Å². The standard InChI is InChI=1S/C12H10Cl3NO4S/c1-7(17)20-10(12(13,14)15)19-6-16-8-4-2-3-5-9(8)21-11(16)18/h2-5,10H,6H2,1H3/t10-/m0/s1. The minimum absolute atomic E-state index is 0.200. The van der Waals surface area contributed by atoms with Crippen molar-refractivity contribution in [2.75, 3.05) is 0 Å². The summed E-state index contributed by atoms with van der Waals surface area (Å²) in [5.74, 6) is -0.658. The number of alkyl halides is 3. The van der Waals surface area contributed by atoms with Crippen LogP contribution in [0.2, 0.25) is 0 Å². The van der Waals surface area contributed by atoms with Gasteiger partial charge >= 0.3 is 10.8 Å². The third kappa shape index (κ3) is 4.11. The Morgan fingerprint density at radius 1 is 1.38 bits per heavy atom. The van der Waals surface area contributed by atoms with E-state index in [0.717, 1.165) is 16.0 Å². The van der Waals surface area contributed by atoms with Crippen LogP contribution >= 0.6 is 46.1 Å². The predicted molar refractivity (Wildman–Crippen MR) is 83.0 cm³/mol. The van der Waals surface area contributed by atoms with Gasteiger partial charge in [-0.05, 0) is 12.1 Å². The number of hydrogen-bond donors (Lipinski definition) is 0. The van der Waals surface area contributed by atoms with Crippen LogP contribution in [0.5, 0.6) is 0 Å². The van der Waals surface area contributed by atoms with Crippen LogP contribution in [0.4, 0.5) is 0 Å². The molecule has 1 aromatic heterocycles. The number of carbonyl (C=O) groups excluding carboxylic acids is 1. The monoisotopic (exact) mass is 369 g/mol. The number of thiazole rings is 1. The van der Waals surface area contributed by atoms with Crippen LogP contribution in [-0.2, 0) is 21.0 Å². The molecule has 5 nitrogen and oxygen atoms in total. The van der Waals surface area contributed by atoms with Crippen molar-refractivity contribution in [2.45, 2.75) is 23.7 Å². The lowest BCUT2D eigenvalue weighted by molar-refractivity contribution is -0.182. The Hall–Kier alpha value is -0.790. The van der Waals surface area contributed by atoms with Gasteiger partial charge in [0.25, 0.3) is 10.1 Å². The first kappa shape index (κ1) is 16.6. The molecule has 114 valence electrons. The molecule has 2 aromatic rings. The topological polar surface area (TPSA) is 57.5 Å². The second-order valence-electron chi connectivity index (χ2n) is 4.04. The van der Waals surface area contributed by atoms with Crippen LogP contribution in [0.25, 0.3) is 10.2 Å². The SMILES string of the molecule is CC(=O)O[C@H](OCn1c(=O)sc2ccccc21)C(Cl)(Cl)Cl. The largest absolute Gasteiger partial charge is 0.431 e. The molecule has 1 heterocycles. The van der Waals surface area contributed by atoms with Crippen molar-refractivity contribution in [1.82, 2.24) is 4.57 Å². The highest BCUT2D eigenvalue weighted by Gasteiger charge is 2.36. The van der Waals surface area contributed by atoms with Crippen molar-refractivity contribution in [2.24, 2.45) is 0 Å². The number of esters is 1. The van der Waals surface area contributed by atoms with Crippen LogP contribution in [0, 0.1) is 0 Å². The van der Waals surface area contributed by atoms with E-state index in [1.807, 2.05) is 12.1 Å². The molecule has 0 amide bonds. The van der Waals surface area contributed by atoms with E-state index >= 15 is 0 Å². The molecule has 0 bridgehead atoms. The highest BCUT2D eigenvalue weighted by Crippen LogP contribution is 2.33. The van der Waals surface area contributed by atoms with E-state index in [9.17, 15) is 9.59 Å².